The Hall–Kier alpha value is -6.12. The zero-order valence-corrected chi connectivity index (χ0v) is 30.7. The van der Waals surface area contributed by atoms with Gasteiger partial charge in [0.1, 0.15) is 11.2 Å². The van der Waals surface area contributed by atoms with Crippen LogP contribution in [-0.2, 0) is 10.8 Å². The summed E-state index contributed by atoms with van der Waals surface area (Å²) >= 11 is 0. The van der Waals surface area contributed by atoms with Crippen molar-refractivity contribution >= 4 is 60.5 Å². The van der Waals surface area contributed by atoms with E-state index >= 15 is 0 Å². The molecule has 0 saturated carbocycles. The van der Waals surface area contributed by atoms with Gasteiger partial charge in [-0.15, -0.1) is 0 Å². The number of hydrogen-bond acceptors (Lipinski definition) is 2. The van der Waals surface area contributed by atoms with E-state index in [1.807, 2.05) is 6.07 Å². The second-order valence-electron chi connectivity index (χ2n) is 16.3. The third-order valence-electron chi connectivity index (χ3n) is 12.5. The van der Waals surface area contributed by atoms with Crippen LogP contribution in [0.5, 0.6) is 0 Å². The van der Waals surface area contributed by atoms with Crippen LogP contribution in [0.15, 0.2) is 150 Å². The molecule has 0 atom stereocenters. The zero-order chi connectivity index (χ0) is 35.8. The van der Waals surface area contributed by atoms with Gasteiger partial charge in [-0.05, 0) is 151 Å². The van der Waals surface area contributed by atoms with Crippen LogP contribution in [0.4, 0.5) is 17.1 Å². The molecule has 2 aliphatic rings. The lowest BCUT2D eigenvalue weighted by atomic mass is 9.81. The molecule has 53 heavy (non-hydrogen) atoms. The van der Waals surface area contributed by atoms with Gasteiger partial charge in [-0.25, -0.2) is 0 Å². The summed E-state index contributed by atoms with van der Waals surface area (Å²) in [6, 6.07) is 54.3. The van der Waals surface area contributed by atoms with E-state index in [-0.39, 0.29) is 10.8 Å². The van der Waals surface area contributed by atoms with E-state index in [1.165, 1.54) is 88.1 Å². The Morgan fingerprint density at radius 1 is 0.415 bits per heavy atom. The summed E-state index contributed by atoms with van der Waals surface area (Å²) in [5, 5.41) is 7.46. The minimum absolute atomic E-state index is 0.0947. The molecule has 2 nitrogen and oxygen atoms in total. The predicted octanol–water partition coefficient (Wildman–Crippen LogP) is 14.3. The molecule has 1 heterocycles. The van der Waals surface area contributed by atoms with E-state index in [1.54, 1.807) is 0 Å². The molecular weight excluding hydrogens is 643 g/mol. The average molecular weight is 682 g/mol. The Balaban J connectivity index is 1.07. The van der Waals surface area contributed by atoms with E-state index in [4.69, 9.17) is 4.42 Å². The highest BCUT2D eigenvalue weighted by atomic mass is 16.3. The van der Waals surface area contributed by atoms with Gasteiger partial charge < -0.3 is 9.32 Å². The quantitative estimate of drug-likeness (QED) is 0.185. The van der Waals surface area contributed by atoms with Crippen molar-refractivity contribution in [2.24, 2.45) is 0 Å². The lowest BCUT2D eigenvalue weighted by molar-refractivity contribution is 0.647. The van der Waals surface area contributed by atoms with Crippen LogP contribution < -0.4 is 4.90 Å². The Morgan fingerprint density at radius 3 is 1.75 bits per heavy atom. The smallest absolute Gasteiger partial charge is 0.135 e. The van der Waals surface area contributed by atoms with Crippen molar-refractivity contribution in [3.05, 3.63) is 173 Å². The average Bonchev–Trinajstić information content (AvgIpc) is 3.72. The number of para-hydroxylation sites is 2. The number of fused-ring (bicyclic) bond motifs is 11. The van der Waals surface area contributed by atoms with Crippen LogP contribution in [0.1, 0.15) is 55.5 Å². The summed E-state index contributed by atoms with van der Waals surface area (Å²) < 4.78 is 6.36. The largest absolute Gasteiger partial charge is 0.456 e. The lowest BCUT2D eigenvalue weighted by Crippen LogP contribution is -2.17. The minimum Gasteiger partial charge on any atom is -0.456 e. The van der Waals surface area contributed by atoms with Crippen LogP contribution >= 0.6 is 0 Å². The van der Waals surface area contributed by atoms with Crippen molar-refractivity contribution in [3.63, 3.8) is 0 Å². The Morgan fingerprint density at radius 2 is 0.981 bits per heavy atom. The van der Waals surface area contributed by atoms with E-state index in [0.29, 0.717) is 0 Å². The number of rotatable bonds is 3. The van der Waals surface area contributed by atoms with Crippen molar-refractivity contribution in [1.29, 1.82) is 0 Å². The van der Waals surface area contributed by atoms with Crippen molar-refractivity contribution in [2.45, 2.75) is 45.4 Å². The van der Waals surface area contributed by atoms with Gasteiger partial charge in [0.25, 0.3) is 0 Å². The maximum atomic E-state index is 6.36. The number of hydrogen-bond donors (Lipinski definition) is 0. The molecular formula is C51H39NO. The normalized spacial score (nSPS) is 14.8. The standard InChI is InChI=1S/C51H39NO/c1-30-12-6-10-16-47(30)52(36-20-21-37-41-28-42-38-15-9-11-17-48(38)53-49(42)29-46(41)51(4,5)45(37)27-36)35-19-18-33-24-40-39-23-31-13-7-8-14-32(31)25-43(39)50(2,3)44(40)26-34(33)22-35/h6-29H,1-5H3. The molecule has 0 aliphatic heterocycles. The van der Waals surface area contributed by atoms with Gasteiger partial charge >= 0.3 is 0 Å². The summed E-state index contributed by atoms with van der Waals surface area (Å²) in [4.78, 5) is 2.45. The number of aryl methyl sites for hydroxylation is 1. The molecule has 0 bridgehead atoms. The van der Waals surface area contributed by atoms with Crippen molar-refractivity contribution in [2.75, 3.05) is 4.90 Å². The fourth-order valence-electron chi connectivity index (χ4n) is 9.61. The Bertz CT molecular complexity index is 3030. The summed E-state index contributed by atoms with van der Waals surface area (Å²) in [6.07, 6.45) is 0. The predicted molar refractivity (Wildman–Crippen MR) is 223 cm³/mol. The molecule has 1 aromatic heterocycles. The molecule has 11 rings (SSSR count). The van der Waals surface area contributed by atoms with Gasteiger partial charge in [0.15, 0.2) is 0 Å². The molecule has 9 aromatic rings. The molecule has 0 radical (unpaired) electrons. The first-order valence-corrected chi connectivity index (χ1v) is 18.8. The monoisotopic (exact) mass is 681 g/mol. The van der Waals surface area contributed by atoms with Crippen LogP contribution in [0.25, 0.3) is 65.7 Å². The van der Waals surface area contributed by atoms with Gasteiger partial charge in [0.05, 0.1) is 0 Å². The molecule has 0 saturated heterocycles. The first-order chi connectivity index (χ1) is 25.7. The fourth-order valence-corrected chi connectivity index (χ4v) is 9.61. The van der Waals surface area contributed by atoms with Gasteiger partial charge in [-0.1, -0.05) is 100 Å². The Labute approximate surface area is 309 Å². The van der Waals surface area contributed by atoms with Gasteiger partial charge in [0, 0.05) is 38.7 Å². The maximum absolute atomic E-state index is 6.36. The van der Waals surface area contributed by atoms with Gasteiger partial charge in [-0.2, -0.15) is 0 Å². The third-order valence-corrected chi connectivity index (χ3v) is 12.5. The molecule has 254 valence electrons. The van der Waals surface area contributed by atoms with E-state index in [2.05, 4.69) is 179 Å². The summed E-state index contributed by atoms with van der Waals surface area (Å²) in [5.74, 6) is 0. The van der Waals surface area contributed by atoms with Crippen LogP contribution in [0, 0.1) is 6.92 Å². The molecule has 2 heteroatoms. The lowest BCUT2D eigenvalue weighted by Gasteiger charge is -2.29. The summed E-state index contributed by atoms with van der Waals surface area (Å²) in [5.41, 5.74) is 17.1. The maximum Gasteiger partial charge on any atom is 0.135 e. The van der Waals surface area contributed by atoms with E-state index in [9.17, 15) is 0 Å². The highest BCUT2D eigenvalue weighted by Gasteiger charge is 2.38. The highest BCUT2D eigenvalue weighted by Crippen LogP contribution is 2.54. The van der Waals surface area contributed by atoms with Crippen LogP contribution in [0.2, 0.25) is 0 Å². The SMILES string of the molecule is Cc1ccccc1N(c1ccc2c(c1)C(C)(C)c1cc3oc4ccccc4c3cc1-2)c1ccc2cc3c(cc2c1)C(C)(C)c1cc2ccccc2cc1-3. The summed E-state index contributed by atoms with van der Waals surface area (Å²) in [7, 11) is 0. The number of nitrogens with zero attached hydrogens (tertiary/aromatic N) is 1. The topological polar surface area (TPSA) is 16.4 Å². The molecule has 2 aliphatic carbocycles. The first kappa shape index (κ1) is 30.5. The fraction of sp³-hybridized carbons (Fsp3) is 0.137. The van der Waals surface area contributed by atoms with Crippen molar-refractivity contribution < 1.29 is 4.42 Å². The van der Waals surface area contributed by atoms with E-state index < -0.39 is 0 Å². The van der Waals surface area contributed by atoms with Crippen molar-refractivity contribution in [1.82, 2.24) is 0 Å². The second-order valence-corrected chi connectivity index (χ2v) is 16.3. The molecule has 8 aromatic carbocycles. The Kier molecular flexibility index (Phi) is 6.03. The van der Waals surface area contributed by atoms with Crippen molar-refractivity contribution in [3.8, 4) is 22.3 Å². The zero-order valence-electron chi connectivity index (χ0n) is 30.7. The van der Waals surface area contributed by atoms with Gasteiger partial charge in [0.2, 0.25) is 0 Å². The number of anilines is 3. The number of benzene rings is 8. The van der Waals surface area contributed by atoms with E-state index in [0.717, 1.165) is 22.5 Å². The van der Waals surface area contributed by atoms with Crippen LogP contribution in [0.3, 0.4) is 0 Å². The summed E-state index contributed by atoms with van der Waals surface area (Å²) in [6.45, 7) is 11.7. The second kappa shape index (κ2) is 10.5. The highest BCUT2D eigenvalue weighted by molar-refractivity contribution is 6.08. The first-order valence-electron chi connectivity index (χ1n) is 18.8. The minimum atomic E-state index is -0.194. The molecule has 0 unspecified atom stereocenters. The molecule has 0 N–H and O–H groups in total. The number of furan rings is 1. The van der Waals surface area contributed by atoms with Gasteiger partial charge in [-0.3, -0.25) is 0 Å². The molecule has 0 spiro atoms. The molecule has 0 fully saturated rings. The molecule has 0 amide bonds. The third kappa shape index (κ3) is 4.21. The van der Waals surface area contributed by atoms with Crippen LogP contribution in [-0.4, -0.2) is 0 Å².